The zero-order chi connectivity index (χ0) is 12.7. The van der Waals surface area contributed by atoms with E-state index < -0.39 is 0 Å². The third-order valence-corrected chi connectivity index (χ3v) is 5.10. The van der Waals surface area contributed by atoms with Crippen LogP contribution in [0.3, 0.4) is 0 Å². The highest BCUT2D eigenvalue weighted by molar-refractivity contribution is 7.07. The molecule has 1 aliphatic carbocycles. The highest BCUT2D eigenvalue weighted by atomic mass is 32.1. The summed E-state index contributed by atoms with van der Waals surface area (Å²) in [6.07, 6.45) is 11.1. The fourth-order valence-corrected chi connectivity index (χ4v) is 3.89. The normalized spacial score (nSPS) is 18.9. The molecule has 2 rings (SSSR count). The predicted molar refractivity (Wildman–Crippen MR) is 81.3 cm³/mol. The van der Waals surface area contributed by atoms with E-state index in [9.17, 15) is 0 Å². The number of hydrogen-bond acceptors (Lipinski definition) is 2. The predicted octanol–water partition coefficient (Wildman–Crippen LogP) is 4.63. The number of aryl methyl sites for hydroxylation is 1. The summed E-state index contributed by atoms with van der Waals surface area (Å²) in [5.41, 5.74) is 2.13. The Bertz CT molecular complexity index is 312. The van der Waals surface area contributed by atoms with Crippen molar-refractivity contribution in [2.75, 3.05) is 13.1 Å². The fourth-order valence-electron chi connectivity index (χ4n) is 3.19. The minimum Gasteiger partial charge on any atom is -0.316 e. The molecule has 1 saturated carbocycles. The van der Waals surface area contributed by atoms with Gasteiger partial charge in [0.2, 0.25) is 0 Å². The first kappa shape index (κ1) is 14.1. The van der Waals surface area contributed by atoms with E-state index in [4.69, 9.17) is 0 Å². The third kappa shape index (κ3) is 4.10. The van der Waals surface area contributed by atoms with Crippen LogP contribution in [0.2, 0.25) is 0 Å². The summed E-state index contributed by atoms with van der Waals surface area (Å²) in [6, 6.07) is 2.29. The maximum absolute atomic E-state index is 3.68. The molecule has 0 saturated heterocycles. The molecule has 2 heteroatoms. The number of nitrogens with one attached hydrogen (secondary N) is 1. The smallest absolute Gasteiger partial charge is 0.000792 e. The van der Waals surface area contributed by atoms with Gasteiger partial charge in [-0.3, -0.25) is 0 Å². The average molecular weight is 265 g/mol. The Morgan fingerprint density at radius 2 is 2.11 bits per heavy atom. The first-order valence-electron chi connectivity index (χ1n) is 7.56. The molecule has 0 unspecified atom stereocenters. The molecule has 0 bridgehead atoms. The van der Waals surface area contributed by atoms with Gasteiger partial charge in [-0.2, -0.15) is 11.3 Å². The number of thiophene rings is 1. The summed E-state index contributed by atoms with van der Waals surface area (Å²) >= 11 is 1.83. The van der Waals surface area contributed by atoms with Crippen LogP contribution in [-0.4, -0.2) is 13.1 Å². The van der Waals surface area contributed by atoms with Crippen LogP contribution in [0.1, 0.15) is 57.4 Å². The Morgan fingerprint density at radius 3 is 2.78 bits per heavy atom. The van der Waals surface area contributed by atoms with E-state index in [1.807, 2.05) is 11.3 Å². The molecule has 1 nitrogen and oxygen atoms in total. The highest BCUT2D eigenvalue weighted by Crippen LogP contribution is 2.39. The van der Waals surface area contributed by atoms with Crippen LogP contribution in [-0.2, 0) is 6.42 Å². The minimum absolute atomic E-state index is 0.593. The third-order valence-electron chi connectivity index (χ3n) is 4.37. The van der Waals surface area contributed by atoms with E-state index >= 15 is 0 Å². The van der Waals surface area contributed by atoms with Gasteiger partial charge in [-0.25, -0.2) is 0 Å². The van der Waals surface area contributed by atoms with Crippen molar-refractivity contribution in [2.45, 2.75) is 58.3 Å². The quantitative estimate of drug-likeness (QED) is 0.709. The van der Waals surface area contributed by atoms with Gasteiger partial charge in [0, 0.05) is 6.54 Å². The standard InChI is InChI=1S/C16H27NS/c1-2-11-17-14-16(8-4-3-5-9-16)10-6-15-7-12-18-13-15/h7,12-13,17H,2-6,8-11,14H2,1H3. The summed E-state index contributed by atoms with van der Waals surface area (Å²) in [7, 11) is 0. The Kier molecular flexibility index (Phi) is 5.71. The van der Waals surface area contributed by atoms with Crippen LogP contribution < -0.4 is 5.32 Å². The molecule has 0 spiro atoms. The second-order valence-electron chi connectivity index (χ2n) is 5.87. The van der Waals surface area contributed by atoms with Crippen molar-refractivity contribution in [1.82, 2.24) is 5.32 Å². The van der Waals surface area contributed by atoms with Crippen molar-refractivity contribution in [3.8, 4) is 0 Å². The van der Waals surface area contributed by atoms with E-state index in [0.29, 0.717) is 5.41 Å². The van der Waals surface area contributed by atoms with Gasteiger partial charge >= 0.3 is 0 Å². The second kappa shape index (κ2) is 7.30. The molecular formula is C16H27NS. The maximum Gasteiger partial charge on any atom is 0.000792 e. The van der Waals surface area contributed by atoms with Gasteiger partial charge in [0.1, 0.15) is 0 Å². The molecule has 102 valence electrons. The first-order chi connectivity index (χ1) is 8.85. The van der Waals surface area contributed by atoms with Crippen molar-refractivity contribution in [3.05, 3.63) is 22.4 Å². The van der Waals surface area contributed by atoms with Crippen molar-refractivity contribution >= 4 is 11.3 Å². The van der Waals surface area contributed by atoms with Crippen molar-refractivity contribution in [2.24, 2.45) is 5.41 Å². The Morgan fingerprint density at radius 1 is 1.28 bits per heavy atom. The lowest BCUT2D eigenvalue weighted by Gasteiger charge is -2.38. The first-order valence-corrected chi connectivity index (χ1v) is 8.51. The molecule has 1 heterocycles. The zero-order valence-electron chi connectivity index (χ0n) is 11.7. The molecule has 0 atom stereocenters. The lowest BCUT2D eigenvalue weighted by Crippen LogP contribution is -2.37. The van der Waals surface area contributed by atoms with E-state index in [1.54, 1.807) is 5.56 Å². The Labute approximate surface area is 116 Å². The topological polar surface area (TPSA) is 12.0 Å². The van der Waals surface area contributed by atoms with E-state index in [-0.39, 0.29) is 0 Å². The summed E-state index contributed by atoms with van der Waals surface area (Å²) in [4.78, 5) is 0. The van der Waals surface area contributed by atoms with Crippen LogP contribution in [0.25, 0.3) is 0 Å². The number of hydrogen-bond donors (Lipinski definition) is 1. The fraction of sp³-hybridized carbons (Fsp3) is 0.750. The molecule has 0 radical (unpaired) electrons. The minimum atomic E-state index is 0.593. The van der Waals surface area contributed by atoms with Crippen molar-refractivity contribution in [3.63, 3.8) is 0 Å². The van der Waals surface area contributed by atoms with Gasteiger partial charge < -0.3 is 5.32 Å². The zero-order valence-corrected chi connectivity index (χ0v) is 12.5. The Hall–Kier alpha value is -0.340. The van der Waals surface area contributed by atoms with Crippen molar-refractivity contribution in [1.29, 1.82) is 0 Å². The molecule has 1 aromatic rings. The van der Waals surface area contributed by atoms with E-state index in [0.717, 1.165) is 0 Å². The lowest BCUT2D eigenvalue weighted by molar-refractivity contribution is 0.167. The van der Waals surface area contributed by atoms with Gasteiger partial charge in [-0.05, 0) is 66.5 Å². The largest absolute Gasteiger partial charge is 0.316 e. The van der Waals surface area contributed by atoms with Crippen LogP contribution in [0.15, 0.2) is 16.8 Å². The van der Waals surface area contributed by atoms with E-state index in [1.165, 1.54) is 64.5 Å². The van der Waals surface area contributed by atoms with E-state index in [2.05, 4.69) is 29.1 Å². The molecule has 0 amide bonds. The van der Waals surface area contributed by atoms with Crippen LogP contribution in [0.4, 0.5) is 0 Å². The molecule has 1 N–H and O–H groups in total. The summed E-state index contributed by atoms with van der Waals surface area (Å²) in [5.74, 6) is 0. The van der Waals surface area contributed by atoms with Crippen molar-refractivity contribution < 1.29 is 0 Å². The van der Waals surface area contributed by atoms with Gasteiger partial charge in [-0.15, -0.1) is 0 Å². The van der Waals surface area contributed by atoms with Gasteiger partial charge in [-0.1, -0.05) is 26.2 Å². The monoisotopic (exact) mass is 265 g/mol. The molecule has 0 aromatic carbocycles. The molecular weight excluding hydrogens is 238 g/mol. The molecule has 1 aliphatic rings. The molecule has 1 fully saturated rings. The second-order valence-corrected chi connectivity index (χ2v) is 6.65. The van der Waals surface area contributed by atoms with Crippen LogP contribution >= 0.6 is 11.3 Å². The van der Waals surface area contributed by atoms with Crippen LogP contribution in [0.5, 0.6) is 0 Å². The van der Waals surface area contributed by atoms with Gasteiger partial charge in [0.05, 0.1) is 0 Å². The maximum atomic E-state index is 3.68. The average Bonchev–Trinajstić information content (AvgIpc) is 2.91. The summed E-state index contributed by atoms with van der Waals surface area (Å²) in [6.45, 7) is 4.68. The Balaban J connectivity index is 1.86. The molecule has 18 heavy (non-hydrogen) atoms. The number of rotatable bonds is 7. The SMILES string of the molecule is CCCNCC1(CCc2ccsc2)CCCCC1. The highest BCUT2D eigenvalue weighted by Gasteiger charge is 2.31. The summed E-state index contributed by atoms with van der Waals surface area (Å²) in [5, 5.41) is 8.20. The van der Waals surface area contributed by atoms with Crippen LogP contribution in [0, 0.1) is 5.41 Å². The molecule has 0 aliphatic heterocycles. The molecule has 1 aromatic heterocycles. The van der Waals surface area contributed by atoms with Gasteiger partial charge in [0.25, 0.3) is 0 Å². The summed E-state index contributed by atoms with van der Waals surface area (Å²) < 4.78 is 0. The lowest BCUT2D eigenvalue weighted by atomic mass is 9.70. The van der Waals surface area contributed by atoms with Gasteiger partial charge in [0.15, 0.2) is 0 Å².